The molecule has 0 radical (unpaired) electrons. The summed E-state index contributed by atoms with van der Waals surface area (Å²) in [6, 6.07) is 5.54. The van der Waals surface area contributed by atoms with Gasteiger partial charge in [-0.15, -0.1) is 0 Å². The van der Waals surface area contributed by atoms with Gasteiger partial charge in [0.25, 0.3) is 0 Å². The number of nitrogens with zero attached hydrogens (tertiary/aromatic N) is 1. The minimum Gasteiger partial charge on any atom is -0.465 e. The summed E-state index contributed by atoms with van der Waals surface area (Å²) in [4.78, 5) is 26.1. The molecule has 5 heteroatoms. The van der Waals surface area contributed by atoms with E-state index in [9.17, 15) is 14.0 Å². The highest BCUT2D eigenvalue weighted by molar-refractivity contribution is 6.06. The first-order valence-corrected chi connectivity index (χ1v) is 6.88. The minimum absolute atomic E-state index is 0.221. The summed E-state index contributed by atoms with van der Waals surface area (Å²) in [6.07, 6.45) is 0. The van der Waals surface area contributed by atoms with Crippen LogP contribution < -0.4 is 4.90 Å². The van der Waals surface area contributed by atoms with Crippen molar-refractivity contribution in [2.45, 2.75) is 27.7 Å². The second-order valence-corrected chi connectivity index (χ2v) is 5.92. The molecule has 0 aliphatic heterocycles. The SMILES string of the molecule is CCOC(=O)C(C(=O)N(C)c1ccc(F)cc1)C(C)(C)C. The number of hydrogen-bond donors (Lipinski definition) is 0. The van der Waals surface area contributed by atoms with Gasteiger partial charge in [0.2, 0.25) is 5.91 Å². The molecule has 1 aromatic rings. The van der Waals surface area contributed by atoms with Gasteiger partial charge < -0.3 is 9.64 Å². The number of benzene rings is 1. The average molecular weight is 295 g/mol. The van der Waals surface area contributed by atoms with E-state index in [0.717, 1.165) is 0 Å². The normalized spacial score (nSPS) is 12.7. The zero-order valence-electron chi connectivity index (χ0n) is 13.1. The molecule has 0 aliphatic carbocycles. The van der Waals surface area contributed by atoms with E-state index in [0.29, 0.717) is 5.69 Å². The standard InChI is InChI=1S/C16H22FNO3/c1-6-21-15(20)13(16(2,3)4)14(19)18(5)12-9-7-11(17)8-10-12/h7-10,13H,6H2,1-5H3. The maximum atomic E-state index is 13.0. The van der Waals surface area contributed by atoms with E-state index in [2.05, 4.69) is 0 Å². The molecule has 0 saturated carbocycles. The van der Waals surface area contributed by atoms with E-state index in [1.54, 1.807) is 14.0 Å². The van der Waals surface area contributed by atoms with Gasteiger partial charge >= 0.3 is 5.97 Å². The Morgan fingerprint density at radius 2 is 1.76 bits per heavy atom. The second kappa shape index (κ2) is 6.70. The van der Waals surface area contributed by atoms with Crippen LogP contribution >= 0.6 is 0 Å². The van der Waals surface area contributed by atoms with Crippen molar-refractivity contribution in [1.29, 1.82) is 0 Å². The van der Waals surface area contributed by atoms with Crippen LogP contribution in [0.25, 0.3) is 0 Å². The maximum Gasteiger partial charge on any atom is 0.319 e. The van der Waals surface area contributed by atoms with Crippen molar-refractivity contribution in [1.82, 2.24) is 0 Å². The summed E-state index contributed by atoms with van der Waals surface area (Å²) in [7, 11) is 1.56. The van der Waals surface area contributed by atoms with Crippen molar-refractivity contribution >= 4 is 17.6 Å². The largest absolute Gasteiger partial charge is 0.465 e. The number of amides is 1. The van der Waals surface area contributed by atoms with E-state index in [1.165, 1.54) is 29.2 Å². The molecule has 0 fully saturated rings. The summed E-state index contributed by atoms with van der Waals surface area (Å²) in [5.74, 6) is -2.19. The highest BCUT2D eigenvalue weighted by atomic mass is 19.1. The van der Waals surface area contributed by atoms with Crippen molar-refractivity contribution in [2.24, 2.45) is 11.3 Å². The third kappa shape index (κ3) is 4.28. The molecule has 0 heterocycles. The molecule has 1 aromatic carbocycles. The summed E-state index contributed by atoms with van der Waals surface area (Å²) < 4.78 is 18.0. The van der Waals surface area contributed by atoms with Crippen molar-refractivity contribution in [2.75, 3.05) is 18.6 Å². The molecule has 0 bridgehead atoms. The average Bonchev–Trinajstić information content (AvgIpc) is 2.37. The fourth-order valence-corrected chi connectivity index (χ4v) is 2.04. The van der Waals surface area contributed by atoms with Gasteiger partial charge in [0, 0.05) is 12.7 Å². The van der Waals surface area contributed by atoms with Crippen LogP contribution in [0.2, 0.25) is 0 Å². The van der Waals surface area contributed by atoms with Crippen LogP contribution in [-0.2, 0) is 14.3 Å². The number of esters is 1. The van der Waals surface area contributed by atoms with Gasteiger partial charge in [0.15, 0.2) is 0 Å². The predicted octanol–water partition coefficient (Wildman–Crippen LogP) is 3.01. The van der Waals surface area contributed by atoms with Gasteiger partial charge in [-0.2, -0.15) is 0 Å². The topological polar surface area (TPSA) is 46.6 Å². The Bertz CT molecular complexity index is 505. The van der Waals surface area contributed by atoms with Gasteiger partial charge in [0.1, 0.15) is 11.7 Å². The van der Waals surface area contributed by atoms with Crippen LogP contribution in [0.4, 0.5) is 10.1 Å². The fourth-order valence-electron chi connectivity index (χ4n) is 2.04. The Morgan fingerprint density at radius 1 is 1.24 bits per heavy atom. The monoisotopic (exact) mass is 295 g/mol. The summed E-state index contributed by atoms with van der Waals surface area (Å²) in [5, 5.41) is 0. The molecule has 116 valence electrons. The number of carbonyl (C=O) groups excluding carboxylic acids is 2. The van der Waals surface area contributed by atoms with E-state index in [4.69, 9.17) is 4.74 Å². The highest BCUT2D eigenvalue weighted by Gasteiger charge is 2.40. The molecule has 21 heavy (non-hydrogen) atoms. The summed E-state index contributed by atoms with van der Waals surface area (Å²) >= 11 is 0. The Hall–Kier alpha value is -1.91. The molecule has 0 spiro atoms. The molecular formula is C16H22FNO3. The van der Waals surface area contributed by atoms with Crippen LogP contribution in [0.3, 0.4) is 0 Å². The fraction of sp³-hybridized carbons (Fsp3) is 0.500. The number of ether oxygens (including phenoxy) is 1. The smallest absolute Gasteiger partial charge is 0.319 e. The van der Waals surface area contributed by atoms with Gasteiger partial charge in [0.05, 0.1) is 6.61 Å². The van der Waals surface area contributed by atoms with Crippen LogP contribution in [-0.4, -0.2) is 25.5 Å². The van der Waals surface area contributed by atoms with Gasteiger partial charge in [-0.3, -0.25) is 9.59 Å². The number of halogens is 1. The number of anilines is 1. The maximum absolute atomic E-state index is 13.0. The van der Waals surface area contributed by atoms with Crippen molar-refractivity contribution in [3.63, 3.8) is 0 Å². The minimum atomic E-state index is -0.910. The van der Waals surface area contributed by atoms with Gasteiger partial charge in [-0.05, 0) is 36.6 Å². The lowest BCUT2D eigenvalue weighted by molar-refractivity contribution is -0.155. The lowest BCUT2D eigenvalue weighted by Gasteiger charge is -2.31. The Morgan fingerprint density at radius 3 is 2.19 bits per heavy atom. The summed E-state index contributed by atoms with van der Waals surface area (Å²) in [5.41, 5.74) is -0.0441. The zero-order chi connectivity index (χ0) is 16.2. The number of hydrogen-bond acceptors (Lipinski definition) is 3. The van der Waals surface area contributed by atoms with E-state index in [-0.39, 0.29) is 18.3 Å². The van der Waals surface area contributed by atoms with E-state index < -0.39 is 17.3 Å². The molecule has 0 N–H and O–H groups in total. The molecule has 1 unspecified atom stereocenters. The Kier molecular flexibility index (Phi) is 5.47. The van der Waals surface area contributed by atoms with Crippen LogP contribution in [0.1, 0.15) is 27.7 Å². The lowest BCUT2D eigenvalue weighted by Crippen LogP contribution is -2.44. The van der Waals surface area contributed by atoms with Crippen molar-refractivity contribution < 1.29 is 18.7 Å². The van der Waals surface area contributed by atoms with E-state index in [1.807, 2.05) is 20.8 Å². The number of carbonyl (C=O) groups is 2. The third-order valence-electron chi connectivity index (χ3n) is 3.18. The first-order chi connectivity index (χ1) is 9.68. The summed E-state index contributed by atoms with van der Waals surface area (Å²) in [6.45, 7) is 7.35. The van der Waals surface area contributed by atoms with Crippen molar-refractivity contribution in [3.05, 3.63) is 30.1 Å². The molecule has 0 aromatic heterocycles. The quantitative estimate of drug-likeness (QED) is 0.633. The van der Waals surface area contributed by atoms with Gasteiger partial charge in [-0.1, -0.05) is 20.8 Å². The zero-order valence-corrected chi connectivity index (χ0v) is 13.1. The molecule has 0 saturated heterocycles. The van der Waals surface area contributed by atoms with Crippen LogP contribution in [0.15, 0.2) is 24.3 Å². The van der Waals surface area contributed by atoms with Crippen LogP contribution in [0, 0.1) is 17.2 Å². The first-order valence-electron chi connectivity index (χ1n) is 6.88. The molecular weight excluding hydrogens is 273 g/mol. The Labute approximate surface area is 124 Å². The van der Waals surface area contributed by atoms with Crippen molar-refractivity contribution in [3.8, 4) is 0 Å². The Balaban J connectivity index is 3.05. The highest BCUT2D eigenvalue weighted by Crippen LogP contribution is 2.30. The molecule has 4 nitrogen and oxygen atoms in total. The first kappa shape index (κ1) is 17.1. The van der Waals surface area contributed by atoms with Gasteiger partial charge in [-0.25, -0.2) is 4.39 Å². The molecule has 1 amide bonds. The predicted molar refractivity (Wildman–Crippen MR) is 79.4 cm³/mol. The second-order valence-electron chi connectivity index (χ2n) is 5.92. The molecule has 0 aliphatic rings. The third-order valence-corrected chi connectivity index (χ3v) is 3.18. The van der Waals surface area contributed by atoms with Crippen LogP contribution in [0.5, 0.6) is 0 Å². The molecule has 1 rings (SSSR count). The van der Waals surface area contributed by atoms with E-state index >= 15 is 0 Å². The molecule has 1 atom stereocenters. The number of rotatable bonds is 4. The lowest BCUT2D eigenvalue weighted by atomic mass is 9.79.